The fourth-order valence-electron chi connectivity index (χ4n) is 5.27. The second-order valence-corrected chi connectivity index (χ2v) is 9.16. The highest BCUT2D eigenvalue weighted by Crippen LogP contribution is 2.59. The molecule has 0 aromatic carbocycles. The Kier molecular flexibility index (Phi) is 5.25. The molecule has 1 aromatic rings. The topological polar surface area (TPSA) is 80.5 Å². The molecule has 1 amide bonds. The number of pyridine rings is 1. The molecule has 0 bridgehead atoms. The first-order valence-corrected chi connectivity index (χ1v) is 10.8. The monoisotopic (exact) mass is 386 g/mol. The van der Waals surface area contributed by atoms with Crippen molar-refractivity contribution in [3.05, 3.63) is 17.8 Å². The van der Waals surface area contributed by atoms with Gasteiger partial charge in [0, 0.05) is 25.0 Å². The lowest BCUT2D eigenvalue weighted by atomic mass is 9.50. The number of ether oxygens (including phenoxy) is 1. The van der Waals surface area contributed by atoms with E-state index >= 15 is 0 Å². The van der Waals surface area contributed by atoms with E-state index in [1.807, 2.05) is 0 Å². The Balaban J connectivity index is 1.34. The second-order valence-electron chi connectivity index (χ2n) is 9.16. The van der Waals surface area contributed by atoms with Gasteiger partial charge in [-0.15, -0.1) is 0 Å². The number of amides is 1. The highest BCUT2D eigenvalue weighted by molar-refractivity contribution is 5.78. The van der Waals surface area contributed by atoms with Crippen LogP contribution in [0.25, 0.3) is 0 Å². The van der Waals surface area contributed by atoms with Gasteiger partial charge in [-0.1, -0.05) is 13.8 Å². The number of carbonyl (C=O) groups excluding carboxylic acids is 1. The van der Waals surface area contributed by atoms with Crippen LogP contribution >= 0.6 is 0 Å². The number of rotatable bonds is 6. The van der Waals surface area contributed by atoms with E-state index in [0.717, 1.165) is 68.8 Å². The fraction of sp³-hybridized carbons (Fsp3) is 0.727. The zero-order valence-corrected chi connectivity index (χ0v) is 17.4. The number of aryl methyl sites for hydroxylation is 1. The number of nitrogens with one attached hydrogen (secondary N) is 1. The summed E-state index contributed by atoms with van der Waals surface area (Å²) in [6, 6.07) is 4.80. The number of hydrogen-bond acceptors (Lipinski definition) is 5. The van der Waals surface area contributed by atoms with Crippen LogP contribution in [0.1, 0.15) is 58.1 Å². The summed E-state index contributed by atoms with van der Waals surface area (Å²) in [5.74, 6) is 1.03. The molecule has 2 heterocycles. The number of anilines is 2. The molecular formula is C22H34N4O2. The summed E-state index contributed by atoms with van der Waals surface area (Å²) in [4.78, 5) is 18.5. The molecule has 6 nitrogen and oxygen atoms in total. The highest BCUT2D eigenvalue weighted by atomic mass is 16.5. The van der Waals surface area contributed by atoms with Gasteiger partial charge in [0.1, 0.15) is 5.82 Å². The lowest BCUT2D eigenvalue weighted by Gasteiger charge is -2.57. The van der Waals surface area contributed by atoms with Gasteiger partial charge in [0.25, 0.3) is 0 Å². The maximum Gasteiger partial charge on any atom is 0.220 e. The number of nitrogens with two attached hydrogens (primary N) is 1. The lowest BCUT2D eigenvalue weighted by Crippen LogP contribution is -2.55. The number of primary amides is 1. The fourth-order valence-corrected chi connectivity index (χ4v) is 5.27. The molecule has 1 aliphatic heterocycles. The predicted molar refractivity (Wildman–Crippen MR) is 111 cm³/mol. The minimum absolute atomic E-state index is 0.107. The number of hydrogen-bond donors (Lipinski definition) is 2. The average molecular weight is 387 g/mol. The Bertz CT molecular complexity index is 711. The number of aromatic nitrogens is 1. The van der Waals surface area contributed by atoms with Crippen molar-refractivity contribution in [3.8, 4) is 0 Å². The van der Waals surface area contributed by atoms with Gasteiger partial charge < -0.3 is 20.7 Å². The molecule has 4 rings (SSSR count). The van der Waals surface area contributed by atoms with Gasteiger partial charge >= 0.3 is 0 Å². The quantitative estimate of drug-likeness (QED) is 0.784. The molecule has 3 aliphatic rings. The van der Waals surface area contributed by atoms with E-state index < -0.39 is 0 Å². The van der Waals surface area contributed by atoms with Crippen molar-refractivity contribution in [2.24, 2.45) is 17.1 Å². The standard InChI is InChI=1S/C22H34N4O2/c1-4-17-12-26(13-18(5-2)28-17)20-7-6-19(14(3)24-20)25-16-10-22(11-16)8-15(9-22)21(23)27/h6-7,15-18,25H,4-5,8-13H2,1-3H3,(H2,23,27). The molecule has 6 heteroatoms. The van der Waals surface area contributed by atoms with Gasteiger partial charge in [-0.2, -0.15) is 0 Å². The molecule has 2 aliphatic carbocycles. The Labute approximate surface area is 168 Å². The molecule has 1 spiro atoms. The van der Waals surface area contributed by atoms with Crippen LogP contribution in [0.4, 0.5) is 11.5 Å². The van der Waals surface area contributed by atoms with E-state index in [4.69, 9.17) is 15.5 Å². The maximum absolute atomic E-state index is 11.3. The van der Waals surface area contributed by atoms with Crippen LogP contribution < -0.4 is 16.0 Å². The molecule has 3 N–H and O–H groups in total. The zero-order valence-electron chi connectivity index (χ0n) is 17.4. The summed E-state index contributed by atoms with van der Waals surface area (Å²) in [5.41, 5.74) is 7.96. The molecule has 28 heavy (non-hydrogen) atoms. The molecule has 154 valence electrons. The Hall–Kier alpha value is -1.82. The largest absolute Gasteiger partial charge is 0.381 e. The summed E-state index contributed by atoms with van der Waals surface area (Å²) in [7, 11) is 0. The normalized spacial score (nSPS) is 34.6. The van der Waals surface area contributed by atoms with Gasteiger partial charge in [-0.25, -0.2) is 4.98 Å². The van der Waals surface area contributed by atoms with Crippen molar-refractivity contribution in [2.45, 2.75) is 77.5 Å². The Morgan fingerprint density at radius 3 is 2.39 bits per heavy atom. The second kappa shape index (κ2) is 7.54. The first-order valence-electron chi connectivity index (χ1n) is 10.8. The predicted octanol–water partition coefficient (Wildman–Crippen LogP) is 3.24. The highest BCUT2D eigenvalue weighted by Gasteiger charge is 2.54. The molecule has 1 aromatic heterocycles. The van der Waals surface area contributed by atoms with Gasteiger partial charge in [0.15, 0.2) is 0 Å². The molecule has 2 saturated carbocycles. The lowest BCUT2D eigenvalue weighted by molar-refractivity contribution is -0.134. The van der Waals surface area contributed by atoms with Crippen molar-refractivity contribution >= 4 is 17.4 Å². The van der Waals surface area contributed by atoms with Crippen LogP contribution in [0.5, 0.6) is 0 Å². The van der Waals surface area contributed by atoms with Crippen molar-refractivity contribution in [2.75, 3.05) is 23.3 Å². The first-order chi connectivity index (χ1) is 13.4. The zero-order chi connectivity index (χ0) is 19.9. The van der Waals surface area contributed by atoms with Crippen molar-refractivity contribution in [1.82, 2.24) is 4.98 Å². The van der Waals surface area contributed by atoms with E-state index in [0.29, 0.717) is 11.5 Å². The van der Waals surface area contributed by atoms with Gasteiger partial charge in [0.05, 0.1) is 23.6 Å². The van der Waals surface area contributed by atoms with Gasteiger partial charge in [-0.05, 0) is 63.0 Å². The van der Waals surface area contributed by atoms with Crippen LogP contribution in [0.3, 0.4) is 0 Å². The summed E-state index contributed by atoms with van der Waals surface area (Å²) >= 11 is 0. The van der Waals surface area contributed by atoms with Gasteiger partial charge in [-0.3, -0.25) is 4.79 Å². The SMILES string of the molecule is CCC1CN(c2ccc(NC3CC4(C3)CC(C(N)=O)C4)c(C)n2)CC(CC)O1. The number of morpholine rings is 1. The molecule has 0 radical (unpaired) electrons. The summed E-state index contributed by atoms with van der Waals surface area (Å²) < 4.78 is 6.11. The van der Waals surface area contributed by atoms with E-state index in [1.165, 1.54) is 0 Å². The Morgan fingerprint density at radius 2 is 1.86 bits per heavy atom. The van der Waals surface area contributed by atoms with Crippen LogP contribution in [-0.4, -0.2) is 42.2 Å². The molecular weight excluding hydrogens is 352 g/mol. The van der Waals surface area contributed by atoms with E-state index in [1.54, 1.807) is 0 Å². The Morgan fingerprint density at radius 1 is 1.21 bits per heavy atom. The van der Waals surface area contributed by atoms with Crippen molar-refractivity contribution in [1.29, 1.82) is 0 Å². The number of carbonyl (C=O) groups is 1. The van der Waals surface area contributed by atoms with Crippen LogP contribution in [0.2, 0.25) is 0 Å². The maximum atomic E-state index is 11.3. The van der Waals surface area contributed by atoms with Crippen LogP contribution in [0, 0.1) is 18.3 Å². The number of nitrogens with zero attached hydrogens (tertiary/aromatic N) is 2. The van der Waals surface area contributed by atoms with E-state index in [2.05, 4.69) is 43.1 Å². The third-order valence-electron chi connectivity index (χ3n) is 7.02. The van der Waals surface area contributed by atoms with Crippen molar-refractivity contribution < 1.29 is 9.53 Å². The van der Waals surface area contributed by atoms with Crippen LogP contribution in [-0.2, 0) is 9.53 Å². The van der Waals surface area contributed by atoms with Crippen LogP contribution in [0.15, 0.2) is 12.1 Å². The third kappa shape index (κ3) is 3.71. The van der Waals surface area contributed by atoms with Crippen molar-refractivity contribution in [3.63, 3.8) is 0 Å². The van der Waals surface area contributed by atoms with E-state index in [-0.39, 0.29) is 24.0 Å². The first kappa shape index (κ1) is 19.5. The minimum Gasteiger partial charge on any atom is -0.381 e. The molecule has 2 unspecified atom stereocenters. The van der Waals surface area contributed by atoms with E-state index in [9.17, 15) is 4.79 Å². The van der Waals surface area contributed by atoms with Gasteiger partial charge in [0.2, 0.25) is 5.91 Å². The molecule has 3 fully saturated rings. The average Bonchev–Trinajstić information content (AvgIpc) is 2.62. The minimum atomic E-state index is -0.128. The third-order valence-corrected chi connectivity index (χ3v) is 7.02. The molecule has 1 saturated heterocycles. The smallest absolute Gasteiger partial charge is 0.220 e. The summed E-state index contributed by atoms with van der Waals surface area (Å²) in [5, 5.41) is 3.66. The summed E-state index contributed by atoms with van der Waals surface area (Å²) in [6.07, 6.45) is 6.87. The molecule has 2 atom stereocenters. The summed E-state index contributed by atoms with van der Waals surface area (Å²) in [6.45, 7) is 8.29.